The monoisotopic (exact) mass is 248 g/mol. The Balaban J connectivity index is 3.03. The number of rotatable bonds is 1. The normalized spacial score (nSPS) is 34.7. The van der Waals surface area contributed by atoms with E-state index in [1.165, 1.54) is 0 Å². The molecule has 1 rings (SSSR count). The first-order valence-corrected chi connectivity index (χ1v) is 4.90. The highest BCUT2D eigenvalue weighted by atomic mass is 79.9. The van der Waals surface area contributed by atoms with E-state index in [1.54, 1.807) is 6.08 Å². The van der Waals surface area contributed by atoms with Gasteiger partial charge in [-0.3, -0.25) is 4.79 Å². The summed E-state index contributed by atoms with van der Waals surface area (Å²) < 4.78 is -0.701. The maximum atomic E-state index is 11.1. The molecule has 0 aromatic rings. The molecular formula is C9H10BrClO. The third kappa shape index (κ3) is 1.50. The lowest BCUT2D eigenvalue weighted by Crippen LogP contribution is -2.35. The van der Waals surface area contributed by atoms with Crippen LogP contribution in [0.1, 0.15) is 13.8 Å². The lowest BCUT2D eigenvalue weighted by molar-refractivity contribution is -0.113. The minimum Gasteiger partial charge on any atom is -0.279 e. The van der Waals surface area contributed by atoms with E-state index in [9.17, 15) is 4.79 Å². The van der Waals surface area contributed by atoms with Crippen LogP contribution in [0, 0.1) is 5.92 Å². The zero-order chi connectivity index (χ0) is 9.35. The molecule has 0 N–H and O–H groups in total. The second kappa shape index (κ2) is 3.35. The molecule has 2 atom stereocenters. The van der Waals surface area contributed by atoms with Crippen LogP contribution >= 0.6 is 27.5 Å². The van der Waals surface area contributed by atoms with E-state index in [-0.39, 0.29) is 11.2 Å². The minimum absolute atomic E-state index is 0.118. The van der Waals surface area contributed by atoms with Gasteiger partial charge in [0, 0.05) is 5.92 Å². The summed E-state index contributed by atoms with van der Waals surface area (Å²) in [5.74, 6) is 0.118. The average Bonchev–Trinajstić information content (AvgIpc) is 2.00. The summed E-state index contributed by atoms with van der Waals surface area (Å²) in [6, 6.07) is 0. The van der Waals surface area contributed by atoms with Gasteiger partial charge in [0.15, 0.2) is 0 Å². The smallest absolute Gasteiger partial charge is 0.242 e. The van der Waals surface area contributed by atoms with Gasteiger partial charge in [-0.05, 0) is 18.5 Å². The van der Waals surface area contributed by atoms with Gasteiger partial charge in [-0.2, -0.15) is 0 Å². The first-order chi connectivity index (χ1) is 5.48. The topological polar surface area (TPSA) is 17.1 Å². The Morgan fingerprint density at radius 1 is 1.75 bits per heavy atom. The van der Waals surface area contributed by atoms with Crippen molar-refractivity contribution in [2.45, 2.75) is 18.2 Å². The molecule has 0 amide bonds. The maximum absolute atomic E-state index is 11.1. The molecule has 0 aromatic carbocycles. The quantitative estimate of drug-likeness (QED) is 0.516. The standard InChI is InChI=1S/C9H10BrClO/c1-6-4-3-5-9(10,7(6)2)8(11)12/h3-5,7H,1-2H3. The Kier molecular flexibility index (Phi) is 2.79. The molecule has 0 aliphatic heterocycles. The summed E-state index contributed by atoms with van der Waals surface area (Å²) in [6.07, 6.45) is 5.63. The van der Waals surface area contributed by atoms with E-state index in [2.05, 4.69) is 15.9 Å². The van der Waals surface area contributed by atoms with Crippen LogP contribution in [0.25, 0.3) is 0 Å². The number of carbonyl (C=O) groups excluding carboxylic acids is 1. The minimum atomic E-state index is -0.701. The molecule has 1 aliphatic rings. The maximum Gasteiger partial charge on any atom is 0.242 e. The zero-order valence-corrected chi connectivity index (χ0v) is 9.32. The molecule has 12 heavy (non-hydrogen) atoms. The van der Waals surface area contributed by atoms with Crippen molar-refractivity contribution in [2.24, 2.45) is 5.92 Å². The molecular weight excluding hydrogens is 239 g/mol. The molecule has 1 aliphatic carbocycles. The molecule has 0 fully saturated rings. The number of carbonyl (C=O) groups is 1. The van der Waals surface area contributed by atoms with Crippen LogP contribution in [0.5, 0.6) is 0 Å². The van der Waals surface area contributed by atoms with Crippen LogP contribution in [0.4, 0.5) is 0 Å². The third-order valence-corrected chi connectivity index (χ3v) is 4.16. The molecule has 66 valence electrons. The van der Waals surface area contributed by atoms with E-state index in [1.807, 2.05) is 26.0 Å². The summed E-state index contributed by atoms with van der Waals surface area (Å²) in [5, 5.41) is -0.362. The lowest BCUT2D eigenvalue weighted by atomic mass is 9.85. The molecule has 3 heteroatoms. The SMILES string of the molecule is CC1=CC=CC(Br)(C(=O)Cl)C1C. The van der Waals surface area contributed by atoms with Crippen molar-refractivity contribution in [3.05, 3.63) is 23.8 Å². The van der Waals surface area contributed by atoms with Gasteiger partial charge in [0.25, 0.3) is 0 Å². The van der Waals surface area contributed by atoms with Crippen molar-refractivity contribution in [1.82, 2.24) is 0 Å². The molecule has 0 radical (unpaired) electrons. The highest BCUT2D eigenvalue weighted by Gasteiger charge is 2.39. The van der Waals surface area contributed by atoms with E-state index in [4.69, 9.17) is 11.6 Å². The fourth-order valence-corrected chi connectivity index (χ4v) is 1.94. The summed E-state index contributed by atoms with van der Waals surface area (Å²) in [4.78, 5) is 11.1. The number of hydrogen-bond donors (Lipinski definition) is 0. The van der Waals surface area contributed by atoms with Gasteiger partial charge in [0.05, 0.1) is 0 Å². The molecule has 2 unspecified atom stereocenters. The molecule has 0 saturated heterocycles. The highest BCUT2D eigenvalue weighted by Crippen LogP contribution is 2.38. The van der Waals surface area contributed by atoms with E-state index in [0.717, 1.165) is 5.57 Å². The van der Waals surface area contributed by atoms with Crippen molar-refractivity contribution >= 4 is 32.8 Å². The molecule has 1 nitrogen and oxygen atoms in total. The molecule has 0 aromatic heterocycles. The molecule has 0 heterocycles. The zero-order valence-electron chi connectivity index (χ0n) is 6.97. The molecule has 0 spiro atoms. The van der Waals surface area contributed by atoms with Crippen molar-refractivity contribution in [3.8, 4) is 0 Å². The van der Waals surface area contributed by atoms with E-state index in [0.29, 0.717) is 0 Å². The van der Waals surface area contributed by atoms with Crippen LogP contribution in [0.3, 0.4) is 0 Å². The summed E-state index contributed by atoms with van der Waals surface area (Å²) >= 11 is 8.85. The Bertz CT molecular complexity index is 270. The van der Waals surface area contributed by atoms with Crippen molar-refractivity contribution in [2.75, 3.05) is 0 Å². The second-order valence-electron chi connectivity index (χ2n) is 3.03. The summed E-state index contributed by atoms with van der Waals surface area (Å²) in [6.45, 7) is 3.97. The van der Waals surface area contributed by atoms with Crippen molar-refractivity contribution in [3.63, 3.8) is 0 Å². The fraction of sp³-hybridized carbons (Fsp3) is 0.444. The highest BCUT2D eigenvalue weighted by molar-refractivity contribution is 9.10. The van der Waals surface area contributed by atoms with Gasteiger partial charge in [-0.25, -0.2) is 0 Å². The van der Waals surface area contributed by atoms with Crippen molar-refractivity contribution in [1.29, 1.82) is 0 Å². The largest absolute Gasteiger partial charge is 0.279 e. The Hall–Kier alpha value is -0.0800. The van der Waals surface area contributed by atoms with Gasteiger partial charge in [0.2, 0.25) is 5.24 Å². The number of allylic oxidation sites excluding steroid dienone is 4. The van der Waals surface area contributed by atoms with Gasteiger partial charge < -0.3 is 0 Å². The van der Waals surface area contributed by atoms with E-state index < -0.39 is 4.32 Å². The first kappa shape index (κ1) is 10.0. The summed E-state index contributed by atoms with van der Waals surface area (Å²) in [5.41, 5.74) is 1.16. The fourth-order valence-electron chi connectivity index (χ4n) is 1.20. The Morgan fingerprint density at radius 2 is 2.33 bits per heavy atom. The van der Waals surface area contributed by atoms with Gasteiger partial charge in [0.1, 0.15) is 4.32 Å². The number of hydrogen-bond acceptors (Lipinski definition) is 1. The van der Waals surface area contributed by atoms with Gasteiger partial charge in [-0.1, -0.05) is 46.7 Å². The van der Waals surface area contributed by atoms with Crippen LogP contribution in [-0.2, 0) is 4.79 Å². The van der Waals surface area contributed by atoms with Gasteiger partial charge in [-0.15, -0.1) is 0 Å². The van der Waals surface area contributed by atoms with Crippen LogP contribution in [0.2, 0.25) is 0 Å². The van der Waals surface area contributed by atoms with Gasteiger partial charge >= 0.3 is 0 Å². The van der Waals surface area contributed by atoms with Crippen LogP contribution in [0.15, 0.2) is 23.8 Å². The lowest BCUT2D eigenvalue weighted by Gasteiger charge is -2.30. The Morgan fingerprint density at radius 3 is 2.75 bits per heavy atom. The summed E-state index contributed by atoms with van der Waals surface area (Å²) in [7, 11) is 0. The first-order valence-electron chi connectivity index (χ1n) is 3.73. The predicted octanol–water partition coefficient (Wildman–Crippen LogP) is 3.04. The van der Waals surface area contributed by atoms with Crippen LogP contribution < -0.4 is 0 Å². The number of alkyl halides is 1. The average molecular weight is 250 g/mol. The second-order valence-corrected chi connectivity index (χ2v) is 4.69. The van der Waals surface area contributed by atoms with Crippen LogP contribution in [-0.4, -0.2) is 9.57 Å². The molecule has 0 bridgehead atoms. The molecule has 0 saturated carbocycles. The third-order valence-electron chi connectivity index (χ3n) is 2.31. The Labute approximate surface area is 85.6 Å². The number of halogens is 2. The predicted molar refractivity (Wildman–Crippen MR) is 54.6 cm³/mol. The van der Waals surface area contributed by atoms with Crippen molar-refractivity contribution < 1.29 is 4.79 Å². The van der Waals surface area contributed by atoms with E-state index >= 15 is 0 Å².